The molecule has 0 radical (unpaired) electrons. The van der Waals surface area contributed by atoms with Crippen molar-refractivity contribution in [3.05, 3.63) is 22.4 Å². The Balaban J connectivity index is 2.06. The summed E-state index contributed by atoms with van der Waals surface area (Å²) >= 11 is 1.63. The van der Waals surface area contributed by atoms with Gasteiger partial charge in [-0.1, -0.05) is 6.07 Å². The largest absolute Gasteiger partial charge is 0.396 e. The minimum atomic E-state index is -0.603. The number of ether oxygens (including phenoxy) is 2. The Hall–Kier alpha value is -0.420. The first-order valence-corrected chi connectivity index (χ1v) is 5.59. The summed E-state index contributed by atoms with van der Waals surface area (Å²) in [5.74, 6) is -0.603. The summed E-state index contributed by atoms with van der Waals surface area (Å²) < 4.78 is 11.4. The third kappa shape index (κ3) is 1.83. The van der Waals surface area contributed by atoms with E-state index in [1.54, 1.807) is 11.3 Å². The van der Waals surface area contributed by atoms with E-state index in [1.165, 1.54) is 0 Å². The van der Waals surface area contributed by atoms with E-state index in [0.29, 0.717) is 13.0 Å². The predicted molar refractivity (Wildman–Crippen MR) is 54.2 cm³/mol. The lowest BCUT2D eigenvalue weighted by Gasteiger charge is -2.21. The Morgan fingerprint density at radius 1 is 1.71 bits per heavy atom. The summed E-state index contributed by atoms with van der Waals surface area (Å²) in [6.07, 6.45) is 0.660. The third-order valence-corrected chi connectivity index (χ3v) is 3.41. The van der Waals surface area contributed by atoms with Crippen LogP contribution in [0.1, 0.15) is 18.2 Å². The summed E-state index contributed by atoms with van der Waals surface area (Å²) in [5, 5.41) is 10.8. The van der Waals surface area contributed by atoms with Crippen molar-refractivity contribution >= 4 is 11.3 Å². The lowest BCUT2D eigenvalue weighted by atomic mass is 10.2. The van der Waals surface area contributed by atoms with Crippen LogP contribution in [0.5, 0.6) is 0 Å². The fourth-order valence-corrected chi connectivity index (χ4v) is 2.37. The average Bonchev–Trinajstić information content (AvgIpc) is 2.75. The van der Waals surface area contributed by atoms with Crippen LogP contribution in [-0.2, 0) is 15.3 Å². The lowest BCUT2D eigenvalue weighted by molar-refractivity contribution is -0.160. The third-order valence-electron chi connectivity index (χ3n) is 2.36. The van der Waals surface area contributed by atoms with Gasteiger partial charge in [-0.05, 0) is 24.8 Å². The van der Waals surface area contributed by atoms with E-state index >= 15 is 0 Å². The van der Waals surface area contributed by atoms with Gasteiger partial charge in [-0.25, -0.2) is 0 Å². The Kier molecular flexibility index (Phi) is 2.88. The lowest BCUT2D eigenvalue weighted by Crippen LogP contribution is -2.22. The van der Waals surface area contributed by atoms with Crippen molar-refractivity contribution in [2.45, 2.75) is 25.2 Å². The molecule has 14 heavy (non-hydrogen) atoms. The van der Waals surface area contributed by atoms with Gasteiger partial charge in [-0.3, -0.25) is 0 Å². The van der Waals surface area contributed by atoms with Gasteiger partial charge < -0.3 is 14.6 Å². The maximum absolute atomic E-state index is 8.79. The van der Waals surface area contributed by atoms with Gasteiger partial charge in [-0.15, -0.1) is 11.3 Å². The van der Waals surface area contributed by atoms with Crippen molar-refractivity contribution in [3.8, 4) is 0 Å². The van der Waals surface area contributed by atoms with Gasteiger partial charge in [0.05, 0.1) is 17.6 Å². The number of aliphatic hydroxyl groups excluding tert-OH is 1. The molecule has 1 aliphatic rings. The Labute approximate surface area is 87.3 Å². The molecular formula is C10H14O3S. The molecule has 1 aromatic heterocycles. The molecule has 0 aromatic carbocycles. The molecule has 1 aromatic rings. The van der Waals surface area contributed by atoms with Crippen LogP contribution in [0, 0.1) is 0 Å². The summed E-state index contributed by atoms with van der Waals surface area (Å²) in [7, 11) is 0. The number of aliphatic hydroxyl groups is 1. The van der Waals surface area contributed by atoms with Crippen molar-refractivity contribution in [1.29, 1.82) is 0 Å². The fourth-order valence-electron chi connectivity index (χ4n) is 1.59. The maximum atomic E-state index is 8.79. The van der Waals surface area contributed by atoms with Gasteiger partial charge in [0.1, 0.15) is 0 Å². The highest BCUT2D eigenvalue weighted by atomic mass is 32.1. The highest BCUT2D eigenvalue weighted by molar-refractivity contribution is 7.10. The molecule has 78 valence electrons. The van der Waals surface area contributed by atoms with E-state index in [2.05, 4.69) is 0 Å². The highest BCUT2D eigenvalue weighted by Gasteiger charge is 2.39. The SMILES string of the molecule is CC1(c2cccs2)OCC(CCO)O1. The van der Waals surface area contributed by atoms with E-state index in [-0.39, 0.29) is 12.7 Å². The summed E-state index contributed by atoms with van der Waals surface area (Å²) in [5.41, 5.74) is 0. The molecule has 0 saturated carbocycles. The van der Waals surface area contributed by atoms with E-state index in [9.17, 15) is 0 Å². The maximum Gasteiger partial charge on any atom is 0.201 e. The molecule has 1 N–H and O–H groups in total. The molecule has 1 fully saturated rings. The smallest absolute Gasteiger partial charge is 0.201 e. The topological polar surface area (TPSA) is 38.7 Å². The average molecular weight is 214 g/mol. The quantitative estimate of drug-likeness (QED) is 0.832. The van der Waals surface area contributed by atoms with Crippen LogP contribution in [0.3, 0.4) is 0 Å². The molecule has 0 amide bonds. The molecule has 0 spiro atoms. The van der Waals surface area contributed by atoms with Crippen LogP contribution in [0.2, 0.25) is 0 Å². The molecule has 3 nitrogen and oxygen atoms in total. The number of thiophene rings is 1. The zero-order valence-electron chi connectivity index (χ0n) is 8.10. The van der Waals surface area contributed by atoms with E-state index < -0.39 is 5.79 Å². The second-order valence-electron chi connectivity index (χ2n) is 3.49. The first kappa shape index (κ1) is 10.1. The molecule has 2 atom stereocenters. The van der Waals surface area contributed by atoms with Gasteiger partial charge in [0.2, 0.25) is 5.79 Å². The first-order chi connectivity index (χ1) is 6.74. The Bertz CT molecular complexity index is 286. The van der Waals surface area contributed by atoms with Crippen LogP contribution >= 0.6 is 11.3 Å². The van der Waals surface area contributed by atoms with Gasteiger partial charge in [0.15, 0.2) is 0 Å². The number of hydrogen-bond acceptors (Lipinski definition) is 4. The molecule has 2 unspecified atom stereocenters. The van der Waals surface area contributed by atoms with Crippen LogP contribution in [0.15, 0.2) is 17.5 Å². The van der Waals surface area contributed by atoms with Crippen LogP contribution < -0.4 is 0 Å². The zero-order chi connectivity index (χ0) is 10.0. The first-order valence-electron chi connectivity index (χ1n) is 4.71. The Morgan fingerprint density at radius 2 is 2.57 bits per heavy atom. The minimum Gasteiger partial charge on any atom is -0.396 e. The van der Waals surface area contributed by atoms with Crippen molar-refractivity contribution in [2.75, 3.05) is 13.2 Å². The van der Waals surface area contributed by atoms with E-state index in [1.807, 2.05) is 24.4 Å². The van der Waals surface area contributed by atoms with Crippen LogP contribution in [0.4, 0.5) is 0 Å². The molecule has 1 saturated heterocycles. The van der Waals surface area contributed by atoms with Gasteiger partial charge >= 0.3 is 0 Å². The monoisotopic (exact) mass is 214 g/mol. The summed E-state index contributed by atoms with van der Waals surface area (Å²) in [6, 6.07) is 3.99. The number of hydrogen-bond donors (Lipinski definition) is 1. The minimum absolute atomic E-state index is 0.0205. The van der Waals surface area contributed by atoms with Gasteiger partial charge in [-0.2, -0.15) is 0 Å². The van der Waals surface area contributed by atoms with Crippen molar-refractivity contribution in [1.82, 2.24) is 0 Å². The normalized spacial score (nSPS) is 32.3. The fraction of sp³-hybridized carbons (Fsp3) is 0.600. The van der Waals surface area contributed by atoms with E-state index in [4.69, 9.17) is 14.6 Å². The molecular weight excluding hydrogens is 200 g/mol. The van der Waals surface area contributed by atoms with Crippen molar-refractivity contribution in [3.63, 3.8) is 0 Å². The summed E-state index contributed by atoms with van der Waals surface area (Å²) in [6.45, 7) is 2.64. The highest BCUT2D eigenvalue weighted by Crippen LogP contribution is 2.36. The zero-order valence-corrected chi connectivity index (χ0v) is 8.92. The Morgan fingerprint density at radius 3 is 3.21 bits per heavy atom. The molecule has 1 aliphatic heterocycles. The predicted octanol–water partition coefficient (Wildman–Crippen LogP) is 1.72. The van der Waals surface area contributed by atoms with Crippen molar-refractivity contribution < 1.29 is 14.6 Å². The number of rotatable bonds is 3. The molecule has 4 heteroatoms. The van der Waals surface area contributed by atoms with Crippen LogP contribution in [-0.4, -0.2) is 24.4 Å². The van der Waals surface area contributed by atoms with Crippen molar-refractivity contribution in [2.24, 2.45) is 0 Å². The molecule has 2 heterocycles. The van der Waals surface area contributed by atoms with E-state index in [0.717, 1.165) is 4.88 Å². The molecule has 2 rings (SSSR count). The van der Waals surface area contributed by atoms with Crippen LogP contribution in [0.25, 0.3) is 0 Å². The molecule has 0 aliphatic carbocycles. The van der Waals surface area contributed by atoms with Gasteiger partial charge in [0.25, 0.3) is 0 Å². The molecule has 0 bridgehead atoms. The summed E-state index contributed by atoms with van der Waals surface area (Å²) in [4.78, 5) is 1.08. The standard InChI is InChI=1S/C10H14O3S/c1-10(9-3-2-6-14-9)12-7-8(13-10)4-5-11/h2-3,6,8,11H,4-5,7H2,1H3. The second-order valence-corrected chi connectivity index (χ2v) is 4.43. The second kappa shape index (κ2) is 3.98. The van der Waals surface area contributed by atoms with Gasteiger partial charge in [0, 0.05) is 6.61 Å².